The van der Waals surface area contributed by atoms with E-state index in [9.17, 15) is 14.0 Å². The van der Waals surface area contributed by atoms with Crippen LogP contribution in [0.5, 0.6) is 5.75 Å². The SMILES string of the molecule is CCN(CC)CCNC(=O)c1cc(NC(=O)Nc2cccc(F)c2)ccc1N1CCN(c2ccccc2OC)CC1. The van der Waals surface area contributed by atoms with Gasteiger partial charge in [-0.1, -0.05) is 32.0 Å². The van der Waals surface area contributed by atoms with Crippen LogP contribution in [0.4, 0.5) is 31.9 Å². The number of hydrogen-bond donors (Lipinski definition) is 3. The molecule has 0 unspecified atom stereocenters. The van der Waals surface area contributed by atoms with Crippen LogP contribution < -0.4 is 30.5 Å². The van der Waals surface area contributed by atoms with Gasteiger partial charge in [0, 0.05) is 56.3 Å². The molecule has 1 aliphatic heterocycles. The maximum Gasteiger partial charge on any atom is 0.323 e. The fraction of sp³-hybridized carbons (Fsp3) is 0.355. The predicted molar refractivity (Wildman–Crippen MR) is 163 cm³/mol. The molecule has 0 spiro atoms. The molecule has 0 radical (unpaired) electrons. The van der Waals surface area contributed by atoms with Crippen molar-refractivity contribution in [2.24, 2.45) is 0 Å². The van der Waals surface area contributed by atoms with Gasteiger partial charge in [0.05, 0.1) is 18.4 Å². The van der Waals surface area contributed by atoms with Crippen LogP contribution in [0.3, 0.4) is 0 Å². The zero-order valence-electron chi connectivity index (χ0n) is 24.0. The first-order chi connectivity index (χ1) is 19.9. The normalized spacial score (nSPS) is 13.2. The molecule has 9 nitrogen and oxygen atoms in total. The molecule has 41 heavy (non-hydrogen) atoms. The number of likely N-dealkylation sites (N-methyl/N-ethyl adjacent to an activating group) is 1. The molecule has 4 rings (SSSR count). The zero-order chi connectivity index (χ0) is 29.2. The number of halogens is 1. The number of para-hydroxylation sites is 2. The Bertz CT molecular complexity index is 1320. The van der Waals surface area contributed by atoms with E-state index in [1.165, 1.54) is 18.2 Å². The lowest BCUT2D eigenvalue weighted by Crippen LogP contribution is -2.47. The Hall–Kier alpha value is -4.31. The summed E-state index contributed by atoms with van der Waals surface area (Å²) in [5, 5.41) is 8.44. The van der Waals surface area contributed by atoms with E-state index in [-0.39, 0.29) is 5.91 Å². The smallest absolute Gasteiger partial charge is 0.323 e. The third-order valence-electron chi connectivity index (χ3n) is 7.24. The van der Waals surface area contributed by atoms with Crippen LogP contribution in [0.2, 0.25) is 0 Å². The molecule has 1 aliphatic rings. The largest absolute Gasteiger partial charge is 0.495 e. The number of carbonyl (C=O) groups excluding carboxylic acids is 2. The molecule has 3 aromatic carbocycles. The summed E-state index contributed by atoms with van der Waals surface area (Å²) >= 11 is 0. The molecule has 218 valence electrons. The summed E-state index contributed by atoms with van der Waals surface area (Å²) in [6.07, 6.45) is 0. The van der Waals surface area contributed by atoms with Crippen molar-refractivity contribution in [1.29, 1.82) is 0 Å². The second-order valence-electron chi connectivity index (χ2n) is 9.75. The van der Waals surface area contributed by atoms with Crippen LogP contribution in [-0.4, -0.2) is 76.3 Å². The Morgan fingerprint density at radius 3 is 2.17 bits per heavy atom. The van der Waals surface area contributed by atoms with Crippen LogP contribution in [0.1, 0.15) is 24.2 Å². The van der Waals surface area contributed by atoms with Crippen LogP contribution in [0.15, 0.2) is 66.7 Å². The third kappa shape index (κ3) is 7.88. The lowest BCUT2D eigenvalue weighted by molar-refractivity contribution is 0.0949. The Morgan fingerprint density at radius 1 is 0.854 bits per heavy atom. The van der Waals surface area contributed by atoms with Crippen molar-refractivity contribution in [3.05, 3.63) is 78.1 Å². The summed E-state index contributed by atoms with van der Waals surface area (Å²) in [6, 6.07) is 18.5. The molecule has 3 aromatic rings. The lowest BCUT2D eigenvalue weighted by Gasteiger charge is -2.38. The summed E-state index contributed by atoms with van der Waals surface area (Å²) < 4.78 is 19.1. The Kier molecular flexibility index (Phi) is 10.4. The molecule has 0 aliphatic carbocycles. The topological polar surface area (TPSA) is 89.2 Å². The van der Waals surface area contributed by atoms with Gasteiger partial charge in [-0.25, -0.2) is 9.18 Å². The highest BCUT2D eigenvalue weighted by Gasteiger charge is 2.24. The molecular formula is C31H39FN6O3. The van der Waals surface area contributed by atoms with Crippen molar-refractivity contribution in [3.8, 4) is 5.75 Å². The number of urea groups is 1. The van der Waals surface area contributed by atoms with Gasteiger partial charge in [-0.3, -0.25) is 4.79 Å². The van der Waals surface area contributed by atoms with Gasteiger partial charge in [-0.05, 0) is 61.6 Å². The summed E-state index contributed by atoms with van der Waals surface area (Å²) in [5.74, 6) is 0.191. The molecule has 1 fully saturated rings. The number of rotatable bonds is 11. The number of amides is 3. The highest BCUT2D eigenvalue weighted by atomic mass is 19.1. The Morgan fingerprint density at radius 2 is 1.51 bits per heavy atom. The second-order valence-corrected chi connectivity index (χ2v) is 9.75. The number of anilines is 4. The fourth-order valence-corrected chi connectivity index (χ4v) is 4.97. The van der Waals surface area contributed by atoms with Crippen LogP contribution in [0.25, 0.3) is 0 Å². The van der Waals surface area contributed by atoms with E-state index in [0.29, 0.717) is 36.6 Å². The number of nitrogens with one attached hydrogen (secondary N) is 3. The van der Waals surface area contributed by atoms with Crippen LogP contribution in [-0.2, 0) is 0 Å². The number of methoxy groups -OCH3 is 1. The van der Waals surface area contributed by atoms with Crippen molar-refractivity contribution in [1.82, 2.24) is 10.2 Å². The highest BCUT2D eigenvalue weighted by Crippen LogP contribution is 2.31. The van der Waals surface area contributed by atoms with E-state index in [2.05, 4.69) is 50.6 Å². The van der Waals surface area contributed by atoms with Gasteiger partial charge in [-0.15, -0.1) is 0 Å². The Balaban J connectivity index is 1.50. The van der Waals surface area contributed by atoms with Gasteiger partial charge in [0.15, 0.2) is 0 Å². The average molecular weight is 563 g/mol. The predicted octanol–water partition coefficient (Wildman–Crippen LogP) is 4.88. The van der Waals surface area contributed by atoms with E-state index in [4.69, 9.17) is 4.74 Å². The Labute approximate surface area is 241 Å². The second kappa shape index (κ2) is 14.4. The van der Waals surface area contributed by atoms with E-state index in [1.807, 2.05) is 24.3 Å². The minimum atomic E-state index is -0.526. The van der Waals surface area contributed by atoms with Crippen molar-refractivity contribution >= 4 is 34.7 Å². The summed E-state index contributed by atoms with van der Waals surface area (Å²) in [5.41, 5.74) is 3.14. The van der Waals surface area contributed by atoms with Crippen molar-refractivity contribution < 1.29 is 18.7 Å². The molecular weight excluding hydrogens is 523 g/mol. The van der Waals surface area contributed by atoms with E-state index in [1.54, 1.807) is 25.3 Å². The monoisotopic (exact) mass is 562 g/mol. The van der Waals surface area contributed by atoms with Gasteiger partial charge in [0.1, 0.15) is 11.6 Å². The molecule has 3 N–H and O–H groups in total. The van der Waals surface area contributed by atoms with Crippen molar-refractivity contribution in [2.75, 3.05) is 79.9 Å². The molecule has 0 aromatic heterocycles. The van der Waals surface area contributed by atoms with Gasteiger partial charge in [0.25, 0.3) is 5.91 Å². The van der Waals surface area contributed by atoms with Crippen LogP contribution >= 0.6 is 0 Å². The van der Waals surface area contributed by atoms with Gasteiger partial charge in [0.2, 0.25) is 0 Å². The first-order valence-corrected chi connectivity index (χ1v) is 14.0. The first-order valence-electron chi connectivity index (χ1n) is 14.0. The number of benzene rings is 3. The summed E-state index contributed by atoms with van der Waals surface area (Å²) in [4.78, 5) is 32.8. The fourth-order valence-electron chi connectivity index (χ4n) is 4.97. The van der Waals surface area contributed by atoms with E-state index in [0.717, 1.165) is 49.8 Å². The maximum atomic E-state index is 13.5. The first kappa shape index (κ1) is 29.7. The maximum absolute atomic E-state index is 13.5. The standard InChI is InChI=1S/C31H39FN6O3/c1-4-36(5-2)16-15-33-30(39)26-22-25(35-31(40)34-24-10-8-9-23(32)21-24)13-14-27(26)37-17-19-38(20-18-37)28-11-6-7-12-29(28)41-3/h6-14,21-22H,4-5,15-20H2,1-3H3,(H,33,39)(H2,34,35,40). The number of carbonyl (C=O) groups is 2. The quantitative estimate of drug-likeness (QED) is 0.309. The van der Waals surface area contributed by atoms with Crippen LogP contribution in [0, 0.1) is 5.82 Å². The number of nitrogens with zero attached hydrogens (tertiary/aromatic N) is 3. The van der Waals surface area contributed by atoms with Crippen molar-refractivity contribution in [2.45, 2.75) is 13.8 Å². The molecule has 0 saturated carbocycles. The lowest BCUT2D eigenvalue weighted by atomic mass is 10.1. The average Bonchev–Trinajstić information content (AvgIpc) is 2.99. The summed E-state index contributed by atoms with van der Waals surface area (Å²) in [7, 11) is 1.67. The number of hydrogen-bond acceptors (Lipinski definition) is 6. The van der Waals surface area contributed by atoms with Gasteiger partial charge < -0.3 is 35.4 Å². The molecule has 1 saturated heterocycles. The summed E-state index contributed by atoms with van der Waals surface area (Å²) in [6.45, 7) is 10.2. The molecule has 0 atom stereocenters. The molecule has 1 heterocycles. The minimum absolute atomic E-state index is 0.200. The molecule has 3 amide bonds. The molecule has 10 heteroatoms. The van der Waals surface area contributed by atoms with Gasteiger partial charge >= 0.3 is 6.03 Å². The van der Waals surface area contributed by atoms with Crippen molar-refractivity contribution in [3.63, 3.8) is 0 Å². The zero-order valence-corrected chi connectivity index (χ0v) is 24.0. The highest BCUT2D eigenvalue weighted by molar-refractivity contribution is 6.04. The number of ether oxygens (including phenoxy) is 1. The van der Waals surface area contributed by atoms with E-state index < -0.39 is 11.8 Å². The number of piperazine rings is 1. The third-order valence-corrected chi connectivity index (χ3v) is 7.24. The van der Waals surface area contributed by atoms with Gasteiger partial charge in [-0.2, -0.15) is 0 Å². The molecule has 0 bridgehead atoms. The van der Waals surface area contributed by atoms with E-state index >= 15 is 0 Å². The minimum Gasteiger partial charge on any atom is -0.495 e.